The van der Waals surface area contributed by atoms with Gasteiger partial charge in [0.1, 0.15) is 0 Å². The number of urea groups is 1. The Morgan fingerprint density at radius 1 is 1.13 bits per heavy atom. The molecule has 2 aromatic carbocycles. The Kier molecular flexibility index (Phi) is 4.25. The number of benzene rings is 2. The van der Waals surface area contributed by atoms with Crippen molar-refractivity contribution in [2.45, 2.75) is 13.0 Å². The van der Waals surface area contributed by atoms with E-state index in [1.165, 1.54) is 0 Å². The van der Waals surface area contributed by atoms with Crippen LogP contribution in [0.5, 0.6) is 11.5 Å². The maximum Gasteiger partial charge on any atom is 0.322 e. The van der Waals surface area contributed by atoms with Crippen molar-refractivity contribution in [3.05, 3.63) is 58.1 Å². The molecule has 10 heteroatoms. The highest BCUT2D eigenvalue weighted by molar-refractivity contribution is 7.17. The molecular formula is C21H16ClN5O3S. The summed E-state index contributed by atoms with van der Waals surface area (Å²) in [4.78, 5) is 21.2. The molecule has 8 nitrogen and oxygen atoms in total. The maximum absolute atomic E-state index is 12.8. The van der Waals surface area contributed by atoms with Crippen molar-refractivity contribution in [2.24, 2.45) is 0 Å². The second-order valence-corrected chi connectivity index (χ2v) is 8.78. The first-order valence-corrected chi connectivity index (χ1v) is 10.9. The van der Waals surface area contributed by atoms with Gasteiger partial charge in [-0.3, -0.25) is 0 Å². The summed E-state index contributed by atoms with van der Waals surface area (Å²) < 4.78 is 12.6. The van der Waals surface area contributed by atoms with Gasteiger partial charge < -0.3 is 19.7 Å². The number of nitrogens with zero attached hydrogens (tertiary/aromatic N) is 4. The lowest BCUT2D eigenvalue weighted by Gasteiger charge is -2.26. The van der Waals surface area contributed by atoms with Crippen molar-refractivity contribution < 1.29 is 14.3 Å². The summed E-state index contributed by atoms with van der Waals surface area (Å²) in [5.74, 6) is 2.00. The van der Waals surface area contributed by atoms with E-state index < -0.39 is 0 Å². The third-order valence-corrected chi connectivity index (χ3v) is 6.65. The number of carbonyl (C=O) groups excluding carboxylic acids is 1. The molecule has 0 spiro atoms. The molecule has 0 bridgehead atoms. The Hall–Kier alpha value is -3.30. The van der Waals surface area contributed by atoms with Gasteiger partial charge in [0.2, 0.25) is 11.8 Å². The molecule has 4 aromatic rings. The molecule has 0 fully saturated rings. The van der Waals surface area contributed by atoms with Crippen LogP contribution in [0.25, 0.3) is 16.3 Å². The number of anilines is 1. The molecule has 0 radical (unpaired) electrons. The van der Waals surface area contributed by atoms with E-state index in [2.05, 4.69) is 15.4 Å². The topological polar surface area (TPSA) is 81.0 Å². The Bertz CT molecular complexity index is 1320. The molecule has 2 aromatic heterocycles. The molecular weight excluding hydrogens is 438 g/mol. The van der Waals surface area contributed by atoms with Gasteiger partial charge in [0.25, 0.3) is 0 Å². The van der Waals surface area contributed by atoms with Crippen LogP contribution in [-0.2, 0) is 13.0 Å². The molecule has 2 aliphatic heterocycles. The third kappa shape index (κ3) is 3.26. The van der Waals surface area contributed by atoms with Crippen LogP contribution in [0.1, 0.15) is 10.6 Å². The Balaban J connectivity index is 1.20. The van der Waals surface area contributed by atoms with Crippen LogP contribution < -0.4 is 14.8 Å². The third-order valence-electron chi connectivity index (χ3n) is 5.34. The number of hydrogen-bond donors (Lipinski definition) is 1. The molecule has 0 saturated carbocycles. The van der Waals surface area contributed by atoms with Crippen molar-refractivity contribution >= 4 is 39.6 Å². The van der Waals surface area contributed by atoms with E-state index in [1.54, 1.807) is 28.4 Å². The smallest absolute Gasteiger partial charge is 0.322 e. The average molecular weight is 454 g/mol. The van der Waals surface area contributed by atoms with E-state index in [0.717, 1.165) is 21.1 Å². The van der Waals surface area contributed by atoms with Gasteiger partial charge in [-0.15, -0.1) is 5.10 Å². The summed E-state index contributed by atoms with van der Waals surface area (Å²) in [6, 6.07) is 12.7. The number of aromatic nitrogens is 3. The molecule has 2 aliphatic rings. The molecule has 1 N–H and O–H groups in total. The van der Waals surface area contributed by atoms with Gasteiger partial charge in [-0.25, -0.2) is 9.31 Å². The van der Waals surface area contributed by atoms with Gasteiger partial charge in [0.15, 0.2) is 17.3 Å². The standard InChI is InChI=1S/C21H16ClN5O3S/c22-13-3-1-12(2-4-13)19-24-21-27(25-19)15-7-8-26(10-18(15)31-21)20(28)23-14-5-6-16-17(9-14)30-11-29-16/h1-6,9H,7-8,10-11H2,(H,23,28). The highest BCUT2D eigenvalue weighted by Crippen LogP contribution is 2.35. The molecule has 0 unspecified atom stereocenters. The number of halogens is 1. The Morgan fingerprint density at radius 3 is 2.84 bits per heavy atom. The SMILES string of the molecule is O=C(Nc1ccc2c(c1)OCO2)N1CCc2c(sc3nc(-c4ccc(Cl)cc4)nn23)C1. The van der Waals surface area contributed by atoms with Crippen LogP contribution in [0.3, 0.4) is 0 Å². The van der Waals surface area contributed by atoms with Gasteiger partial charge in [0.05, 0.1) is 12.2 Å². The van der Waals surface area contributed by atoms with Crippen LogP contribution in [0, 0.1) is 0 Å². The average Bonchev–Trinajstić information content (AvgIpc) is 3.47. The largest absolute Gasteiger partial charge is 0.454 e. The van der Waals surface area contributed by atoms with Gasteiger partial charge in [-0.1, -0.05) is 22.9 Å². The van der Waals surface area contributed by atoms with E-state index in [-0.39, 0.29) is 12.8 Å². The summed E-state index contributed by atoms with van der Waals surface area (Å²) in [6.45, 7) is 1.33. The molecule has 0 atom stereocenters. The normalized spacial score (nSPS) is 14.7. The predicted octanol–water partition coefficient (Wildman–Crippen LogP) is 4.43. The van der Waals surface area contributed by atoms with Crippen LogP contribution in [0.4, 0.5) is 10.5 Å². The zero-order valence-electron chi connectivity index (χ0n) is 16.2. The Morgan fingerprint density at radius 2 is 1.97 bits per heavy atom. The monoisotopic (exact) mass is 453 g/mol. The number of fused-ring (bicyclic) bond motifs is 4. The first kappa shape index (κ1) is 18.5. The van der Waals surface area contributed by atoms with Crippen LogP contribution >= 0.6 is 22.9 Å². The van der Waals surface area contributed by atoms with E-state index in [0.29, 0.717) is 47.5 Å². The molecule has 31 heavy (non-hydrogen) atoms. The minimum absolute atomic E-state index is 0.148. The number of ether oxygens (including phenoxy) is 2. The zero-order valence-corrected chi connectivity index (χ0v) is 17.7. The lowest BCUT2D eigenvalue weighted by molar-refractivity contribution is 0.174. The summed E-state index contributed by atoms with van der Waals surface area (Å²) >= 11 is 7.54. The number of thiazole rings is 1. The van der Waals surface area contributed by atoms with Crippen molar-refractivity contribution in [3.8, 4) is 22.9 Å². The Labute approximate surface area is 186 Å². The second-order valence-electron chi connectivity index (χ2n) is 7.28. The fourth-order valence-corrected chi connectivity index (χ4v) is 5.00. The second kappa shape index (κ2) is 7.14. The summed E-state index contributed by atoms with van der Waals surface area (Å²) in [5.41, 5.74) is 2.71. The highest BCUT2D eigenvalue weighted by atomic mass is 35.5. The number of hydrogen-bond acceptors (Lipinski definition) is 6. The number of amides is 2. The molecule has 0 aliphatic carbocycles. The molecule has 6 rings (SSSR count). The highest BCUT2D eigenvalue weighted by Gasteiger charge is 2.26. The molecule has 0 saturated heterocycles. The zero-order chi connectivity index (χ0) is 20.9. The van der Waals surface area contributed by atoms with Gasteiger partial charge in [-0.05, 0) is 36.4 Å². The number of rotatable bonds is 2. The van der Waals surface area contributed by atoms with Crippen LogP contribution in [0.2, 0.25) is 5.02 Å². The predicted molar refractivity (Wildman–Crippen MR) is 117 cm³/mol. The first-order chi connectivity index (χ1) is 15.1. The summed E-state index contributed by atoms with van der Waals surface area (Å²) in [5, 5.41) is 8.31. The van der Waals surface area contributed by atoms with E-state index in [4.69, 9.17) is 21.1 Å². The quantitative estimate of drug-likeness (QED) is 0.485. The van der Waals surface area contributed by atoms with Gasteiger partial charge in [0, 0.05) is 40.2 Å². The van der Waals surface area contributed by atoms with Gasteiger partial charge >= 0.3 is 6.03 Å². The lowest BCUT2D eigenvalue weighted by atomic mass is 10.2. The first-order valence-electron chi connectivity index (χ1n) is 9.73. The summed E-state index contributed by atoms with van der Waals surface area (Å²) in [7, 11) is 0. The van der Waals surface area contributed by atoms with Crippen molar-refractivity contribution in [1.29, 1.82) is 0 Å². The van der Waals surface area contributed by atoms with E-state index in [9.17, 15) is 4.79 Å². The van der Waals surface area contributed by atoms with E-state index >= 15 is 0 Å². The molecule has 2 amide bonds. The van der Waals surface area contributed by atoms with Crippen molar-refractivity contribution in [3.63, 3.8) is 0 Å². The van der Waals surface area contributed by atoms with Crippen LogP contribution in [0.15, 0.2) is 42.5 Å². The van der Waals surface area contributed by atoms with Crippen LogP contribution in [-0.4, -0.2) is 38.9 Å². The summed E-state index contributed by atoms with van der Waals surface area (Å²) in [6.07, 6.45) is 0.716. The van der Waals surface area contributed by atoms with Crippen molar-refractivity contribution in [2.75, 3.05) is 18.7 Å². The minimum Gasteiger partial charge on any atom is -0.454 e. The fraction of sp³-hybridized carbons (Fsp3) is 0.190. The van der Waals surface area contributed by atoms with Gasteiger partial charge in [-0.2, -0.15) is 4.98 Å². The lowest BCUT2D eigenvalue weighted by Crippen LogP contribution is -2.38. The fourth-order valence-electron chi connectivity index (χ4n) is 3.76. The van der Waals surface area contributed by atoms with Crippen molar-refractivity contribution in [1.82, 2.24) is 19.5 Å². The molecule has 4 heterocycles. The number of carbonyl (C=O) groups is 1. The van der Waals surface area contributed by atoms with E-state index in [1.807, 2.05) is 34.8 Å². The maximum atomic E-state index is 12.8. The minimum atomic E-state index is -0.148. The number of nitrogens with one attached hydrogen (secondary N) is 1. The molecule has 156 valence electrons.